The second kappa shape index (κ2) is 6.35. The van der Waals surface area contributed by atoms with Crippen LogP contribution in [0, 0.1) is 12.8 Å². The van der Waals surface area contributed by atoms with Crippen molar-refractivity contribution < 1.29 is 19.8 Å². The molecule has 0 radical (unpaired) electrons. The standard InChI is InChI=1S/C19H19NO4/c1-12-7-8-14(9-17(12)21)18(22)20-10-15(16(11-20)19(23)24)13-5-3-2-4-6-13/h2-9,15-16,21H,10-11H2,1H3,(H,23,24). The number of rotatable bonds is 3. The number of likely N-dealkylation sites (tertiary alicyclic amines) is 1. The van der Waals surface area contributed by atoms with Crippen LogP contribution in [-0.4, -0.2) is 40.1 Å². The molecular formula is C19H19NO4. The lowest BCUT2D eigenvalue weighted by molar-refractivity contribution is -0.141. The zero-order chi connectivity index (χ0) is 17.3. The molecule has 1 amide bonds. The Hall–Kier alpha value is -2.82. The number of hydrogen-bond donors (Lipinski definition) is 2. The summed E-state index contributed by atoms with van der Waals surface area (Å²) in [6.07, 6.45) is 0. The maximum Gasteiger partial charge on any atom is 0.308 e. The topological polar surface area (TPSA) is 77.8 Å². The second-order valence-corrected chi connectivity index (χ2v) is 6.17. The average Bonchev–Trinajstić information content (AvgIpc) is 3.03. The third kappa shape index (κ3) is 2.97. The molecule has 2 aromatic carbocycles. The van der Waals surface area contributed by atoms with Crippen molar-refractivity contribution in [3.63, 3.8) is 0 Å². The Morgan fingerprint density at radius 1 is 1.08 bits per heavy atom. The van der Waals surface area contributed by atoms with Crippen LogP contribution in [0.2, 0.25) is 0 Å². The molecule has 5 nitrogen and oxygen atoms in total. The van der Waals surface area contributed by atoms with Gasteiger partial charge in [-0.05, 0) is 30.2 Å². The zero-order valence-electron chi connectivity index (χ0n) is 13.3. The molecule has 1 heterocycles. The predicted molar refractivity (Wildman–Crippen MR) is 89.1 cm³/mol. The van der Waals surface area contributed by atoms with E-state index >= 15 is 0 Å². The number of aryl methyl sites for hydroxylation is 1. The van der Waals surface area contributed by atoms with Gasteiger partial charge in [-0.1, -0.05) is 36.4 Å². The zero-order valence-corrected chi connectivity index (χ0v) is 13.3. The first-order valence-corrected chi connectivity index (χ1v) is 7.84. The van der Waals surface area contributed by atoms with Crippen molar-refractivity contribution in [1.29, 1.82) is 0 Å². The third-order valence-electron chi connectivity index (χ3n) is 4.61. The van der Waals surface area contributed by atoms with Gasteiger partial charge in [0.2, 0.25) is 0 Å². The van der Waals surface area contributed by atoms with E-state index in [0.717, 1.165) is 5.56 Å². The Kier molecular flexibility index (Phi) is 4.25. The summed E-state index contributed by atoms with van der Waals surface area (Å²) in [4.78, 5) is 25.8. The maximum atomic E-state index is 12.7. The summed E-state index contributed by atoms with van der Waals surface area (Å²) in [5.41, 5.74) is 1.99. The molecule has 0 saturated carbocycles. The van der Waals surface area contributed by atoms with Gasteiger partial charge in [0.1, 0.15) is 5.75 Å². The van der Waals surface area contributed by atoms with Crippen LogP contribution in [0.1, 0.15) is 27.4 Å². The van der Waals surface area contributed by atoms with Gasteiger partial charge < -0.3 is 15.1 Å². The average molecular weight is 325 g/mol. The van der Waals surface area contributed by atoms with Crippen LogP contribution in [0.5, 0.6) is 5.75 Å². The number of nitrogens with zero attached hydrogens (tertiary/aromatic N) is 1. The number of carbonyl (C=O) groups is 2. The van der Waals surface area contributed by atoms with E-state index in [9.17, 15) is 19.8 Å². The van der Waals surface area contributed by atoms with Crippen LogP contribution in [0.3, 0.4) is 0 Å². The molecule has 0 aromatic heterocycles. The predicted octanol–water partition coefficient (Wildman–Crippen LogP) is 2.64. The van der Waals surface area contributed by atoms with Crippen molar-refractivity contribution in [1.82, 2.24) is 4.90 Å². The molecule has 1 fully saturated rings. The quantitative estimate of drug-likeness (QED) is 0.909. The molecule has 3 rings (SSSR count). The first kappa shape index (κ1) is 16.1. The van der Waals surface area contributed by atoms with E-state index in [1.807, 2.05) is 30.3 Å². The first-order chi connectivity index (χ1) is 11.5. The highest BCUT2D eigenvalue weighted by Crippen LogP contribution is 2.34. The molecule has 2 atom stereocenters. The van der Waals surface area contributed by atoms with E-state index in [2.05, 4.69) is 0 Å². The lowest BCUT2D eigenvalue weighted by Crippen LogP contribution is -2.29. The lowest BCUT2D eigenvalue weighted by Gasteiger charge is -2.17. The molecule has 2 N–H and O–H groups in total. The molecule has 1 aliphatic heterocycles. The number of carboxylic acid groups (broad SMARTS) is 1. The van der Waals surface area contributed by atoms with Crippen LogP contribution in [0.15, 0.2) is 48.5 Å². The van der Waals surface area contributed by atoms with Gasteiger partial charge in [-0.25, -0.2) is 0 Å². The van der Waals surface area contributed by atoms with E-state index in [0.29, 0.717) is 17.7 Å². The Morgan fingerprint density at radius 3 is 2.42 bits per heavy atom. The number of amides is 1. The fourth-order valence-electron chi connectivity index (χ4n) is 3.18. The molecule has 2 aromatic rings. The van der Waals surface area contributed by atoms with E-state index in [-0.39, 0.29) is 24.1 Å². The first-order valence-electron chi connectivity index (χ1n) is 7.84. The molecule has 0 bridgehead atoms. The summed E-state index contributed by atoms with van der Waals surface area (Å²) < 4.78 is 0. The van der Waals surface area contributed by atoms with Crippen molar-refractivity contribution in [2.75, 3.05) is 13.1 Å². The summed E-state index contributed by atoms with van der Waals surface area (Å²) >= 11 is 0. The van der Waals surface area contributed by atoms with Gasteiger partial charge in [-0.3, -0.25) is 9.59 Å². The molecule has 24 heavy (non-hydrogen) atoms. The number of aliphatic carboxylic acids is 1. The van der Waals surface area contributed by atoms with Crippen LogP contribution < -0.4 is 0 Å². The van der Waals surface area contributed by atoms with Crippen molar-refractivity contribution in [3.05, 3.63) is 65.2 Å². The van der Waals surface area contributed by atoms with Gasteiger partial charge in [-0.2, -0.15) is 0 Å². The van der Waals surface area contributed by atoms with Gasteiger partial charge >= 0.3 is 5.97 Å². The van der Waals surface area contributed by atoms with Crippen molar-refractivity contribution in [2.24, 2.45) is 5.92 Å². The van der Waals surface area contributed by atoms with Crippen LogP contribution >= 0.6 is 0 Å². The molecule has 5 heteroatoms. The minimum absolute atomic E-state index is 0.0643. The Bertz CT molecular complexity index is 772. The highest BCUT2D eigenvalue weighted by atomic mass is 16.4. The summed E-state index contributed by atoms with van der Waals surface area (Å²) in [5.74, 6) is -1.95. The molecule has 1 aliphatic rings. The van der Waals surface area contributed by atoms with E-state index < -0.39 is 11.9 Å². The van der Waals surface area contributed by atoms with Gasteiger partial charge in [-0.15, -0.1) is 0 Å². The fraction of sp³-hybridized carbons (Fsp3) is 0.263. The largest absolute Gasteiger partial charge is 0.508 e. The molecular weight excluding hydrogens is 306 g/mol. The summed E-state index contributed by atoms with van der Waals surface area (Å²) in [7, 11) is 0. The van der Waals surface area contributed by atoms with Crippen molar-refractivity contribution >= 4 is 11.9 Å². The maximum absolute atomic E-state index is 12.7. The SMILES string of the molecule is Cc1ccc(C(=O)N2CC(C(=O)O)C(c3ccccc3)C2)cc1O. The minimum Gasteiger partial charge on any atom is -0.508 e. The number of phenols is 1. The molecule has 0 spiro atoms. The van der Waals surface area contributed by atoms with Crippen LogP contribution in [0.25, 0.3) is 0 Å². The van der Waals surface area contributed by atoms with Gasteiger partial charge in [0.05, 0.1) is 5.92 Å². The van der Waals surface area contributed by atoms with Gasteiger partial charge in [0, 0.05) is 24.6 Å². The van der Waals surface area contributed by atoms with E-state index in [1.165, 1.54) is 6.07 Å². The number of carboxylic acids is 1. The summed E-state index contributed by atoms with van der Waals surface area (Å²) in [5, 5.41) is 19.3. The Labute approximate surface area is 140 Å². The highest BCUT2D eigenvalue weighted by molar-refractivity contribution is 5.95. The molecule has 1 saturated heterocycles. The fourth-order valence-corrected chi connectivity index (χ4v) is 3.18. The van der Waals surface area contributed by atoms with E-state index in [1.54, 1.807) is 24.0 Å². The number of carbonyl (C=O) groups excluding carboxylic acids is 1. The molecule has 0 aliphatic carbocycles. The summed E-state index contributed by atoms with van der Waals surface area (Å²) in [6.45, 7) is 2.28. The third-order valence-corrected chi connectivity index (χ3v) is 4.61. The molecule has 2 unspecified atom stereocenters. The van der Waals surface area contributed by atoms with Crippen molar-refractivity contribution in [3.8, 4) is 5.75 Å². The number of phenolic OH excluding ortho intramolecular Hbond substituents is 1. The normalized spacial score (nSPS) is 20.1. The Balaban J connectivity index is 1.86. The molecule has 124 valence electrons. The second-order valence-electron chi connectivity index (χ2n) is 6.17. The number of hydrogen-bond acceptors (Lipinski definition) is 3. The highest BCUT2D eigenvalue weighted by Gasteiger charge is 2.40. The summed E-state index contributed by atoms with van der Waals surface area (Å²) in [6, 6.07) is 14.2. The monoisotopic (exact) mass is 325 g/mol. The number of aromatic hydroxyl groups is 1. The minimum atomic E-state index is -0.897. The van der Waals surface area contributed by atoms with Crippen molar-refractivity contribution in [2.45, 2.75) is 12.8 Å². The van der Waals surface area contributed by atoms with Gasteiger partial charge in [0.25, 0.3) is 5.91 Å². The smallest absolute Gasteiger partial charge is 0.308 e. The van der Waals surface area contributed by atoms with Crippen LogP contribution in [0.4, 0.5) is 0 Å². The van der Waals surface area contributed by atoms with Crippen LogP contribution in [-0.2, 0) is 4.79 Å². The Morgan fingerprint density at radius 2 is 1.79 bits per heavy atom. The lowest BCUT2D eigenvalue weighted by atomic mass is 9.89. The number of benzene rings is 2. The van der Waals surface area contributed by atoms with E-state index in [4.69, 9.17) is 0 Å². The van der Waals surface area contributed by atoms with Gasteiger partial charge in [0.15, 0.2) is 0 Å².